The van der Waals surface area contributed by atoms with Crippen LogP contribution in [-0.4, -0.2) is 43.5 Å². The number of anilines is 1. The number of carbonyl (C=O) groups excluding carboxylic acids is 1. The molecule has 1 atom stereocenters. The van der Waals surface area contributed by atoms with Gasteiger partial charge in [-0.05, 0) is 13.3 Å². The number of aromatic nitrogens is 1. The maximum absolute atomic E-state index is 11.4. The highest BCUT2D eigenvalue weighted by atomic mass is 32.2. The third-order valence-corrected chi connectivity index (χ3v) is 5.09. The molecule has 0 spiro atoms. The second-order valence-corrected chi connectivity index (χ2v) is 7.09. The quantitative estimate of drug-likeness (QED) is 0.830. The Morgan fingerprint density at radius 2 is 2.44 bits per heavy atom. The molecule has 1 aromatic rings. The average Bonchev–Trinajstić information content (AvgIpc) is 2.86. The van der Waals surface area contributed by atoms with Crippen molar-refractivity contribution < 1.29 is 17.9 Å². The van der Waals surface area contributed by atoms with E-state index in [2.05, 4.69) is 10.3 Å². The van der Waals surface area contributed by atoms with Gasteiger partial charge in [-0.25, -0.2) is 18.2 Å². The topological polar surface area (TPSA) is 85.4 Å². The van der Waals surface area contributed by atoms with E-state index in [4.69, 9.17) is 4.74 Å². The largest absolute Gasteiger partial charge is 0.461 e. The Bertz CT molecular complexity index is 538. The van der Waals surface area contributed by atoms with E-state index in [9.17, 15) is 13.2 Å². The third kappa shape index (κ3) is 3.20. The molecule has 1 aromatic heterocycles. The van der Waals surface area contributed by atoms with Gasteiger partial charge in [-0.1, -0.05) is 0 Å². The van der Waals surface area contributed by atoms with E-state index in [0.717, 1.165) is 0 Å². The summed E-state index contributed by atoms with van der Waals surface area (Å²) in [6.07, 6.45) is 0.580. The van der Waals surface area contributed by atoms with Crippen LogP contribution < -0.4 is 5.32 Å². The van der Waals surface area contributed by atoms with Gasteiger partial charge in [0, 0.05) is 11.4 Å². The second-order valence-electron chi connectivity index (χ2n) is 4.00. The van der Waals surface area contributed by atoms with Crippen molar-refractivity contribution in [2.45, 2.75) is 19.4 Å². The summed E-state index contributed by atoms with van der Waals surface area (Å²) < 4.78 is 27.4. The lowest BCUT2D eigenvalue weighted by atomic mass is 10.3. The van der Waals surface area contributed by atoms with Gasteiger partial charge in [0.2, 0.25) is 0 Å². The van der Waals surface area contributed by atoms with Crippen LogP contribution in [0.15, 0.2) is 5.38 Å². The first-order chi connectivity index (χ1) is 8.50. The van der Waals surface area contributed by atoms with E-state index in [1.165, 1.54) is 11.3 Å². The number of nitrogens with one attached hydrogen (secondary N) is 1. The highest BCUT2D eigenvalue weighted by molar-refractivity contribution is 7.91. The highest BCUT2D eigenvalue weighted by Gasteiger charge is 2.28. The zero-order chi connectivity index (χ0) is 13.2. The van der Waals surface area contributed by atoms with Gasteiger partial charge in [-0.15, -0.1) is 11.3 Å². The van der Waals surface area contributed by atoms with Crippen LogP contribution in [0.25, 0.3) is 0 Å². The Balaban J connectivity index is 1.97. The molecule has 0 amide bonds. The van der Waals surface area contributed by atoms with Crippen LogP contribution in [0.2, 0.25) is 0 Å². The Morgan fingerprint density at radius 3 is 3.06 bits per heavy atom. The van der Waals surface area contributed by atoms with Crippen LogP contribution in [-0.2, 0) is 14.6 Å². The minimum Gasteiger partial charge on any atom is -0.461 e. The standard InChI is InChI=1S/C10H14N2O4S2/c1-2-16-9(13)8-5-17-10(12-8)11-7-3-4-18(14,15)6-7/h5,7H,2-4,6H2,1H3,(H,11,12). The van der Waals surface area contributed by atoms with Gasteiger partial charge in [0.1, 0.15) is 0 Å². The summed E-state index contributed by atoms with van der Waals surface area (Å²) in [4.78, 5) is 15.5. The molecule has 6 nitrogen and oxygen atoms in total. The van der Waals surface area contributed by atoms with Crippen molar-refractivity contribution in [3.05, 3.63) is 11.1 Å². The number of sulfone groups is 1. The smallest absolute Gasteiger partial charge is 0.357 e. The Labute approximate surface area is 109 Å². The second kappa shape index (κ2) is 5.23. The zero-order valence-corrected chi connectivity index (χ0v) is 11.5. The fourth-order valence-electron chi connectivity index (χ4n) is 1.72. The van der Waals surface area contributed by atoms with Gasteiger partial charge in [0.15, 0.2) is 20.7 Å². The Morgan fingerprint density at radius 1 is 1.67 bits per heavy atom. The van der Waals surface area contributed by atoms with E-state index in [-0.39, 0.29) is 23.2 Å². The van der Waals surface area contributed by atoms with E-state index in [1.807, 2.05) is 0 Å². The molecule has 2 heterocycles. The lowest BCUT2D eigenvalue weighted by Gasteiger charge is -2.08. The van der Waals surface area contributed by atoms with Gasteiger partial charge >= 0.3 is 5.97 Å². The number of rotatable bonds is 4. The highest BCUT2D eigenvalue weighted by Crippen LogP contribution is 2.21. The maximum Gasteiger partial charge on any atom is 0.357 e. The fourth-order valence-corrected chi connectivity index (χ4v) is 4.15. The van der Waals surface area contributed by atoms with Crippen molar-refractivity contribution >= 4 is 32.3 Å². The van der Waals surface area contributed by atoms with Crippen LogP contribution in [0.5, 0.6) is 0 Å². The van der Waals surface area contributed by atoms with Gasteiger partial charge in [0.25, 0.3) is 0 Å². The molecule has 0 saturated carbocycles. The van der Waals surface area contributed by atoms with Crippen molar-refractivity contribution in [3.8, 4) is 0 Å². The molecule has 1 aliphatic heterocycles. The van der Waals surface area contributed by atoms with Gasteiger partial charge in [-0.2, -0.15) is 0 Å². The minimum atomic E-state index is -2.91. The molecular weight excluding hydrogens is 276 g/mol. The molecule has 0 radical (unpaired) electrons. The van der Waals surface area contributed by atoms with Gasteiger partial charge in [-0.3, -0.25) is 0 Å². The number of ether oxygens (including phenoxy) is 1. The van der Waals surface area contributed by atoms with Crippen molar-refractivity contribution in [3.63, 3.8) is 0 Å². The summed E-state index contributed by atoms with van der Waals surface area (Å²) in [6.45, 7) is 2.03. The molecule has 0 bridgehead atoms. The molecule has 1 N–H and O–H groups in total. The first-order valence-electron chi connectivity index (χ1n) is 5.60. The number of nitrogens with zero attached hydrogens (tertiary/aromatic N) is 1. The Hall–Kier alpha value is -1.15. The summed E-state index contributed by atoms with van der Waals surface area (Å²) in [5.41, 5.74) is 0.255. The van der Waals surface area contributed by atoms with Gasteiger partial charge < -0.3 is 10.1 Å². The molecule has 1 saturated heterocycles. The lowest BCUT2D eigenvalue weighted by Crippen LogP contribution is -2.20. The summed E-state index contributed by atoms with van der Waals surface area (Å²) >= 11 is 1.27. The van der Waals surface area contributed by atoms with Crippen LogP contribution in [0.1, 0.15) is 23.8 Å². The molecule has 100 valence electrons. The molecule has 1 aliphatic rings. The minimum absolute atomic E-state index is 0.115. The normalized spacial score (nSPS) is 21.7. The van der Waals surface area contributed by atoms with Crippen molar-refractivity contribution in [2.75, 3.05) is 23.4 Å². The first kappa shape index (κ1) is 13.3. The number of thiazole rings is 1. The summed E-state index contributed by atoms with van der Waals surface area (Å²) in [7, 11) is -2.91. The number of hydrogen-bond acceptors (Lipinski definition) is 7. The summed E-state index contributed by atoms with van der Waals surface area (Å²) in [5.74, 6) is -0.122. The molecule has 2 rings (SSSR count). The first-order valence-corrected chi connectivity index (χ1v) is 8.30. The van der Waals surface area contributed by atoms with Crippen molar-refractivity contribution in [1.29, 1.82) is 0 Å². The molecule has 0 aromatic carbocycles. The van der Waals surface area contributed by atoms with E-state index in [1.54, 1.807) is 12.3 Å². The monoisotopic (exact) mass is 290 g/mol. The van der Waals surface area contributed by atoms with Crippen molar-refractivity contribution in [2.24, 2.45) is 0 Å². The van der Waals surface area contributed by atoms with Crippen LogP contribution in [0, 0.1) is 0 Å². The summed E-state index contributed by atoms with van der Waals surface area (Å²) in [6, 6.07) is -0.115. The zero-order valence-electron chi connectivity index (χ0n) is 9.88. The number of esters is 1. The molecule has 18 heavy (non-hydrogen) atoms. The number of hydrogen-bond donors (Lipinski definition) is 1. The SMILES string of the molecule is CCOC(=O)c1csc(NC2CCS(=O)(=O)C2)n1. The van der Waals surface area contributed by atoms with E-state index < -0.39 is 15.8 Å². The average molecular weight is 290 g/mol. The predicted octanol–water partition coefficient (Wildman–Crippen LogP) is 0.919. The fraction of sp³-hybridized carbons (Fsp3) is 0.600. The van der Waals surface area contributed by atoms with Crippen LogP contribution in [0.3, 0.4) is 0 Å². The molecule has 0 aliphatic carbocycles. The lowest BCUT2D eigenvalue weighted by molar-refractivity contribution is 0.0520. The number of carbonyl (C=O) groups is 1. The Kier molecular flexibility index (Phi) is 3.86. The summed E-state index contributed by atoms with van der Waals surface area (Å²) in [5, 5.41) is 5.19. The van der Waals surface area contributed by atoms with E-state index >= 15 is 0 Å². The van der Waals surface area contributed by atoms with Gasteiger partial charge in [0.05, 0.1) is 18.1 Å². The van der Waals surface area contributed by atoms with Crippen molar-refractivity contribution in [1.82, 2.24) is 4.98 Å². The molecule has 1 unspecified atom stereocenters. The maximum atomic E-state index is 11.4. The molecular formula is C10H14N2O4S2. The third-order valence-electron chi connectivity index (χ3n) is 2.55. The molecule has 8 heteroatoms. The van der Waals surface area contributed by atoms with Crippen LogP contribution in [0.4, 0.5) is 5.13 Å². The van der Waals surface area contributed by atoms with E-state index in [0.29, 0.717) is 18.2 Å². The predicted molar refractivity (Wildman–Crippen MR) is 68.8 cm³/mol. The van der Waals surface area contributed by atoms with Crippen LogP contribution >= 0.6 is 11.3 Å². The molecule has 1 fully saturated rings.